The Morgan fingerprint density at radius 2 is 1.80 bits per heavy atom. The van der Waals surface area contributed by atoms with Gasteiger partial charge in [-0.05, 0) is 31.2 Å². The predicted molar refractivity (Wildman–Crippen MR) is 75.4 cm³/mol. The smallest absolute Gasteiger partial charge is 0.174 e. The van der Waals surface area contributed by atoms with Crippen LogP contribution < -0.4 is 0 Å². The van der Waals surface area contributed by atoms with Crippen LogP contribution in [0, 0.1) is 6.92 Å². The van der Waals surface area contributed by atoms with Gasteiger partial charge in [-0.3, -0.25) is 0 Å². The molecule has 0 aliphatic heterocycles. The maximum Gasteiger partial charge on any atom is 0.174 e. The molecule has 1 heterocycles. The number of benzene rings is 2. The van der Waals surface area contributed by atoms with Gasteiger partial charge >= 0.3 is 0 Å². The molecule has 0 fully saturated rings. The molecule has 2 N–H and O–H groups in total. The fraction of sp³-hybridized carbons (Fsp3) is 0.0625. The number of aromatic hydroxyl groups is 2. The minimum Gasteiger partial charge on any atom is -0.508 e. The molecule has 0 amide bonds. The molecule has 1 aromatic heterocycles. The van der Waals surface area contributed by atoms with Gasteiger partial charge in [0.15, 0.2) is 5.76 Å². The van der Waals surface area contributed by atoms with E-state index in [4.69, 9.17) is 4.52 Å². The number of phenolic OH excluding ortho intramolecular Hbond substituents is 2. The van der Waals surface area contributed by atoms with E-state index in [1.165, 1.54) is 0 Å². The number of hydrogen-bond donors (Lipinski definition) is 2. The number of nitrogens with zero attached hydrogens (tertiary/aromatic N) is 1. The van der Waals surface area contributed by atoms with E-state index in [-0.39, 0.29) is 11.5 Å². The predicted octanol–water partition coefficient (Wildman–Crippen LogP) is 3.73. The zero-order valence-electron chi connectivity index (χ0n) is 10.9. The number of hydrogen-bond acceptors (Lipinski definition) is 4. The van der Waals surface area contributed by atoms with E-state index in [1.807, 2.05) is 19.1 Å². The molecular formula is C16H13NO3. The van der Waals surface area contributed by atoms with Crippen molar-refractivity contribution in [3.05, 3.63) is 54.1 Å². The van der Waals surface area contributed by atoms with Gasteiger partial charge in [-0.2, -0.15) is 0 Å². The first-order valence-corrected chi connectivity index (χ1v) is 6.21. The fourth-order valence-corrected chi connectivity index (χ4v) is 2.18. The molecule has 0 saturated carbocycles. The topological polar surface area (TPSA) is 66.5 Å². The molecule has 2 aromatic carbocycles. The Bertz CT molecular complexity index is 762. The lowest BCUT2D eigenvalue weighted by Crippen LogP contribution is -1.82. The van der Waals surface area contributed by atoms with Crippen molar-refractivity contribution in [1.29, 1.82) is 0 Å². The second-order valence-corrected chi connectivity index (χ2v) is 4.55. The highest BCUT2D eigenvalue weighted by Gasteiger charge is 2.17. The second-order valence-electron chi connectivity index (χ2n) is 4.55. The van der Waals surface area contributed by atoms with E-state index >= 15 is 0 Å². The molecule has 4 heteroatoms. The van der Waals surface area contributed by atoms with Gasteiger partial charge in [0, 0.05) is 11.1 Å². The van der Waals surface area contributed by atoms with E-state index in [1.54, 1.807) is 36.4 Å². The second kappa shape index (κ2) is 4.74. The highest BCUT2D eigenvalue weighted by molar-refractivity contribution is 5.75. The average molecular weight is 267 g/mol. The average Bonchev–Trinajstić information content (AvgIpc) is 2.81. The summed E-state index contributed by atoms with van der Waals surface area (Å²) in [7, 11) is 0. The van der Waals surface area contributed by atoms with Gasteiger partial charge in [-0.25, -0.2) is 0 Å². The van der Waals surface area contributed by atoms with Crippen LogP contribution in [0.5, 0.6) is 11.5 Å². The highest BCUT2D eigenvalue weighted by atomic mass is 16.5. The summed E-state index contributed by atoms with van der Waals surface area (Å²) in [4.78, 5) is 0. The van der Waals surface area contributed by atoms with Crippen LogP contribution in [0.3, 0.4) is 0 Å². The zero-order chi connectivity index (χ0) is 14.1. The Morgan fingerprint density at radius 1 is 1.00 bits per heavy atom. The number of para-hydroxylation sites is 1. The van der Waals surface area contributed by atoms with Crippen molar-refractivity contribution in [1.82, 2.24) is 5.16 Å². The SMILES string of the molecule is Cc1c(-c2cccc(O)c2)noc1-c1ccccc1O. The van der Waals surface area contributed by atoms with Gasteiger partial charge in [-0.1, -0.05) is 29.4 Å². The third kappa shape index (κ3) is 2.01. The quantitative estimate of drug-likeness (QED) is 0.742. The Labute approximate surface area is 115 Å². The lowest BCUT2D eigenvalue weighted by Gasteiger charge is -2.01. The minimum absolute atomic E-state index is 0.147. The van der Waals surface area contributed by atoms with Gasteiger partial charge in [-0.15, -0.1) is 0 Å². The molecule has 20 heavy (non-hydrogen) atoms. The molecule has 3 rings (SSSR count). The summed E-state index contributed by atoms with van der Waals surface area (Å²) in [5.74, 6) is 0.852. The Balaban J connectivity index is 2.12. The number of rotatable bonds is 2. The maximum atomic E-state index is 9.88. The van der Waals surface area contributed by atoms with Crippen molar-refractivity contribution in [3.8, 4) is 34.1 Å². The lowest BCUT2D eigenvalue weighted by molar-refractivity contribution is 0.428. The molecule has 0 saturated heterocycles. The van der Waals surface area contributed by atoms with Crippen LogP contribution in [0.1, 0.15) is 5.56 Å². The summed E-state index contributed by atoms with van der Waals surface area (Å²) in [6.45, 7) is 1.87. The lowest BCUT2D eigenvalue weighted by atomic mass is 10.0. The van der Waals surface area contributed by atoms with Gasteiger partial charge in [0.05, 0.1) is 5.56 Å². The maximum absolute atomic E-state index is 9.88. The van der Waals surface area contributed by atoms with Crippen molar-refractivity contribution in [2.24, 2.45) is 0 Å². The zero-order valence-corrected chi connectivity index (χ0v) is 10.9. The van der Waals surface area contributed by atoms with Crippen molar-refractivity contribution in [2.75, 3.05) is 0 Å². The monoisotopic (exact) mass is 267 g/mol. The molecule has 0 aliphatic rings. The molecule has 0 spiro atoms. The molecule has 0 bridgehead atoms. The van der Waals surface area contributed by atoms with Crippen molar-refractivity contribution in [2.45, 2.75) is 6.92 Å². The Hall–Kier alpha value is -2.75. The van der Waals surface area contributed by atoms with Crippen LogP contribution in [0.2, 0.25) is 0 Å². The van der Waals surface area contributed by atoms with Gasteiger partial charge in [0.2, 0.25) is 0 Å². The third-order valence-electron chi connectivity index (χ3n) is 3.19. The number of phenols is 2. The first-order chi connectivity index (χ1) is 9.66. The van der Waals surface area contributed by atoms with E-state index in [2.05, 4.69) is 5.16 Å². The Morgan fingerprint density at radius 3 is 2.55 bits per heavy atom. The molecule has 3 aromatic rings. The van der Waals surface area contributed by atoms with Gasteiger partial charge in [0.25, 0.3) is 0 Å². The highest BCUT2D eigenvalue weighted by Crippen LogP contribution is 2.36. The summed E-state index contributed by atoms with van der Waals surface area (Å²) < 4.78 is 5.36. The van der Waals surface area contributed by atoms with Gasteiger partial charge in [0.1, 0.15) is 17.2 Å². The number of aromatic nitrogens is 1. The third-order valence-corrected chi connectivity index (χ3v) is 3.19. The molecule has 0 unspecified atom stereocenters. The van der Waals surface area contributed by atoms with Crippen LogP contribution in [-0.4, -0.2) is 15.4 Å². The van der Waals surface area contributed by atoms with E-state index < -0.39 is 0 Å². The summed E-state index contributed by atoms with van der Waals surface area (Å²) in [6.07, 6.45) is 0. The molecule has 4 nitrogen and oxygen atoms in total. The first-order valence-electron chi connectivity index (χ1n) is 6.21. The van der Waals surface area contributed by atoms with Gasteiger partial charge < -0.3 is 14.7 Å². The molecule has 0 radical (unpaired) electrons. The summed E-state index contributed by atoms with van der Waals surface area (Å²) in [5, 5.41) is 23.5. The molecule has 0 aliphatic carbocycles. The summed E-state index contributed by atoms with van der Waals surface area (Å²) in [6, 6.07) is 13.8. The molecular weight excluding hydrogens is 254 g/mol. The normalized spacial score (nSPS) is 10.7. The summed E-state index contributed by atoms with van der Waals surface area (Å²) >= 11 is 0. The largest absolute Gasteiger partial charge is 0.508 e. The van der Waals surface area contributed by atoms with Crippen molar-refractivity contribution < 1.29 is 14.7 Å². The van der Waals surface area contributed by atoms with Crippen molar-refractivity contribution in [3.63, 3.8) is 0 Å². The van der Waals surface area contributed by atoms with E-state index in [0.29, 0.717) is 17.0 Å². The van der Waals surface area contributed by atoms with Crippen LogP contribution in [0.15, 0.2) is 53.1 Å². The van der Waals surface area contributed by atoms with Crippen LogP contribution >= 0.6 is 0 Å². The van der Waals surface area contributed by atoms with E-state index in [9.17, 15) is 10.2 Å². The van der Waals surface area contributed by atoms with E-state index in [0.717, 1.165) is 11.1 Å². The standard InChI is InChI=1S/C16H13NO3/c1-10-15(11-5-4-6-12(18)9-11)17-20-16(10)13-7-2-3-8-14(13)19/h2-9,18-19H,1H3. The van der Waals surface area contributed by atoms with Crippen LogP contribution in [0.25, 0.3) is 22.6 Å². The van der Waals surface area contributed by atoms with Crippen LogP contribution in [0.4, 0.5) is 0 Å². The first kappa shape index (κ1) is 12.3. The van der Waals surface area contributed by atoms with Crippen molar-refractivity contribution >= 4 is 0 Å². The van der Waals surface area contributed by atoms with Crippen LogP contribution in [-0.2, 0) is 0 Å². The summed E-state index contributed by atoms with van der Waals surface area (Å²) in [5.41, 5.74) is 2.84. The molecule has 100 valence electrons. The minimum atomic E-state index is 0.147. The fourth-order valence-electron chi connectivity index (χ4n) is 2.18. The molecule has 0 atom stereocenters. The Kier molecular flexibility index (Phi) is 2.91.